The van der Waals surface area contributed by atoms with Crippen molar-refractivity contribution in [3.05, 3.63) is 46.0 Å². The van der Waals surface area contributed by atoms with Crippen LogP contribution in [0.25, 0.3) is 5.82 Å². The number of aliphatic hydroxyl groups is 2. The van der Waals surface area contributed by atoms with E-state index in [0.717, 1.165) is 11.8 Å². The number of aliphatic hydroxyl groups excluding tert-OH is 2. The number of carbonyl (C=O) groups excluding carboxylic acids is 1. The lowest BCUT2D eigenvalue weighted by atomic mass is 9.97. The van der Waals surface area contributed by atoms with Crippen LogP contribution in [0.1, 0.15) is 23.5 Å². The first-order valence-corrected chi connectivity index (χ1v) is 13.8. The largest absolute Gasteiger partial charge is 0.406 e. The molecule has 40 heavy (non-hydrogen) atoms. The van der Waals surface area contributed by atoms with Gasteiger partial charge >= 0.3 is 6.18 Å². The second-order valence-corrected chi connectivity index (χ2v) is 11.0. The average molecular weight is 671 g/mol. The van der Waals surface area contributed by atoms with Crippen molar-refractivity contribution in [2.24, 2.45) is 0 Å². The predicted molar refractivity (Wildman–Crippen MR) is 139 cm³/mol. The van der Waals surface area contributed by atoms with Gasteiger partial charge in [0.1, 0.15) is 42.0 Å². The molecule has 4 rings (SSSR count). The van der Waals surface area contributed by atoms with Crippen molar-refractivity contribution in [1.82, 2.24) is 34.7 Å². The Morgan fingerprint density at radius 1 is 1.40 bits per heavy atom. The topological polar surface area (TPSA) is 141 Å². The van der Waals surface area contributed by atoms with Gasteiger partial charge in [-0.2, -0.15) is 18.3 Å². The summed E-state index contributed by atoms with van der Waals surface area (Å²) in [4.78, 5) is 18.0. The molecule has 2 unspecified atom stereocenters. The highest BCUT2D eigenvalue weighted by Crippen LogP contribution is 2.41. The second kappa shape index (κ2) is 12.7. The summed E-state index contributed by atoms with van der Waals surface area (Å²) in [6.45, 7) is -0.777. The lowest BCUT2D eigenvalue weighted by Gasteiger charge is -2.43. The van der Waals surface area contributed by atoms with Gasteiger partial charge in [-0.1, -0.05) is 28.6 Å². The highest BCUT2D eigenvalue weighted by Gasteiger charge is 2.48. The van der Waals surface area contributed by atoms with Crippen LogP contribution in [-0.2, 0) is 9.47 Å². The Balaban J connectivity index is 1.67. The van der Waals surface area contributed by atoms with Crippen LogP contribution in [0.5, 0.6) is 0 Å². The summed E-state index contributed by atoms with van der Waals surface area (Å²) in [5, 5.41) is 33.5. The lowest BCUT2D eigenvalue weighted by Crippen LogP contribution is -2.55. The number of amides is 1. The average Bonchev–Trinajstić information content (AvgIpc) is 3.56. The quantitative estimate of drug-likeness (QED) is 0.349. The van der Waals surface area contributed by atoms with Gasteiger partial charge in [0, 0.05) is 35.4 Å². The van der Waals surface area contributed by atoms with Crippen LogP contribution in [0.3, 0.4) is 0 Å². The number of pyridine rings is 1. The molecule has 0 bridgehead atoms. The van der Waals surface area contributed by atoms with Gasteiger partial charge in [-0.05, 0) is 35.0 Å². The molecule has 18 heteroatoms. The maximum atomic E-state index is 13.1. The van der Waals surface area contributed by atoms with Crippen LogP contribution < -0.4 is 0 Å². The molecule has 218 valence electrons. The molecule has 0 spiro atoms. The van der Waals surface area contributed by atoms with Crippen molar-refractivity contribution in [2.75, 3.05) is 26.8 Å². The van der Waals surface area contributed by atoms with Gasteiger partial charge in [-0.25, -0.2) is 14.3 Å². The summed E-state index contributed by atoms with van der Waals surface area (Å²) in [5.74, 6) is -0.632. The number of hydrogen-bond acceptors (Lipinski definition) is 10. The van der Waals surface area contributed by atoms with Gasteiger partial charge in [0.15, 0.2) is 11.0 Å². The summed E-state index contributed by atoms with van der Waals surface area (Å²) in [6, 6.07) is 2.14. The summed E-state index contributed by atoms with van der Waals surface area (Å²) < 4.78 is 54.1. The highest BCUT2D eigenvalue weighted by atomic mass is 79.9. The number of methoxy groups -OCH3 is 1. The predicted octanol–water partition coefficient (Wildman–Crippen LogP) is 2.73. The number of nitrogens with zero attached hydrogens (tertiary/aromatic N) is 7. The number of thioether (sulfide) groups is 1. The van der Waals surface area contributed by atoms with Crippen molar-refractivity contribution in [2.45, 2.75) is 47.8 Å². The molecule has 3 aromatic rings. The number of hydrogen-bond donors (Lipinski definition) is 2. The Morgan fingerprint density at radius 3 is 2.75 bits per heavy atom. The van der Waals surface area contributed by atoms with E-state index in [2.05, 4.69) is 36.3 Å². The van der Waals surface area contributed by atoms with Crippen LogP contribution in [0.4, 0.5) is 13.2 Å². The van der Waals surface area contributed by atoms with E-state index >= 15 is 0 Å². The van der Waals surface area contributed by atoms with E-state index < -0.39 is 55.0 Å². The third-order valence-corrected chi connectivity index (χ3v) is 7.81. The molecule has 0 saturated carbocycles. The van der Waals surface area contributed by atoms with Gasteiger partial charge in [-0.15, -0.1) is 5.10 Å². The van der Waals surface area contributed by atoms with Crippen LogP contribution in [0.2, 0.25) is 5.15 Å². The molecule has 2 N–H and O–H groups in total. The Labute approximate surface area is 243 Å². The van der Waals surface area contributed by atoms with E-state index in [0.29, 0.717) is 15.2 Å². The normalized spacial score (nSPS) is 23.4. The molecule has 4 heterocycles. The molecule has 1 aliphatic heterocycles. The minimum absolute atomic E-state index is 0.197. The van der Waals surface area contributed by atoms with Gasteiger partial charge in [0.25, 0.3) is 5.91 Å². The van der Waals surface area contributed by atoms with E-state index in [1.54, 1.807) is 12.3 Å². The number of rotatable bonds is 9. The van der Waals surface area contributed by atoms with Crippen LogP contribution >= 0.6 is 39.3 Å². The summed E-state index contributed by atoms with van der Waals surface area (Å²) in [6.07, 6.45) is -3.57. The van der Waals surface area contributed by atoms with Crippen molar-refractivity contribution in [1.29, 1.82) is 0 Å². The molecule has 12 nitrogen and oxygen atoms in total. The molecule has 0 aliphatic carbocycles. The first kappa shape index (κ1) is 30.7. The number of halogens is 5. The third-order valence-electron chi connectivity index (χ3n) is 6.00. The molecule has 1 amide bonds. The minimum Gasteiger partial charge on any atom is -0.394 e. The van der Waals surface area contributed by atoms with E-state index in [1.165, 1.54) is 41.9 Å². The van der Waals surface area contributed by atoms with Crippen LogP contribution in [0.15, 0.2) is 40.1 Å². The zero-order valence-corrected chi connectivity index (χ0v) is 24.1. The van der Waals surface area contributed by atoms with E-state index in [4.69, 9.17) is 21.1 Å². The molecule has 1 saturated heterocycles. The first-order valence-electron chi connectivity index (χ1n) is 11.7. The molecular formula is C22H24BrClF3N7O5S. The maximum absolute atomic E-state index is 13.1. The lowest BCUT2D eigenvalue weighted by molar-refractivity contribution is -0.186. The Morgan fingerprint density at radius 2 is 2.15 bits per heavy atom. The zero-order valence-electron chi connectivity index (χ0n) is 20.9. The van der Waals surface area contributed by atoms with Gasteiger partial charge < -0.3 is 24.6 Å². The van der Waals surface area contributed by atoms with Crippen molar-refractivity contribution in [3.8, 4) is 5.82 Å². The molecule has 1 fully saturated rings. The molecule has 5 atom stereocenters. The molecule has 0 aromatic carbocycles. The molecule has 3 aromatic heterocycles. The van der Waals surface area contributed by atoms with Crippen LogP contribution in [-0.4, -0.2) is 108 Å². The molecule has 1 aliphatic rings. The fraction of sp³-hybridized carbons (Fsp3) is 0.500. The number of aromatic nitrogens is 6. The van der Waals surface area contributed by atoms with E-state index in [-0.39, 0.29) is 22.3 Å². The summed E-state index contributed by atoms with van der Waals surface area (Å²) >= 11 is 10.1. The van der Waals surface area contributed by atoms with Crippen molar-refractivity contribution >= 4 is 45.2 Å². The summed E-state index contributed by atoms with van der Waals surface area (Å²) in [5.41, 5.74) is -1.19. The number of ether oxygens (including phenoxy) is 2. The van der Waals surface area contributed by atoms with Gasteiger partial charge in [0.2, 0.25) is 0 Å². The van der Waals surface area contributed by atoms with Crippen molar-refractivity contribution < 1.29 is 37.7 Å². The fourth-order valence-electron chi connectivity index (χ4n) is 4.15. The monoisotopic (exact) mass is 669 g/mol. The Kier molecular flexibility index (Phi) is 9.74. The highest BCUT2D eigenvalue weighted by molar-refractivity contribution is 9.10. The molecular weight excluding hydrogens is 647 g/mol. The minimum atomic E-state index is -4.60. The smallest absolute Gasteiger partial charge is 0.394 e. The Hall–Kier alpha value is -2.28. The fourth-order valence-corrected chi connectivity index (χ4v) is 6.07. The first-order chi connectivity index (χ1) is 18.9. The molecule has 0 radical (unpaired) electrons. The van der Waals surface area contributed by atoms with E-state index in [9.17, 15) is 28.2 Å². The third kappa shape index (κ3) is 6.78. The maximum Gasteiger partial charge on any atom is 0.406 e. The van der Waals surface area contributed by atoms with Gasteiger partial charge in [-0.3, -0.25) is 4.79 Å². The van der Waals surface area contributed by atoms with Gasteiger partial charge in [0.05, 0.1) is 12.8 Å². The second-order valence-electron chi connectivity index (χ2n) is 8.60. The zero-order chi connectivity index (χ0) is 29.2. The summed E-state index contributed by atoms with van der Waals surface area (Å²) in [7, 11) is 1.37. The SMILES string of the molecule is CCN(CC(F)(F)F)C(=O)c1ncc(Br)cc1S[C@H]1OC(CO)[C@H](O)[C@H](n2cc(-n3ccc(Cl)n3)nn2)C1OC. The standard InChI is InChI=1S/C22H24BrClF3N7O5S/c1-3-32(10-22(25,26)27)20(37)16-13(6-11(23)7-28-16)40-21-19(38-2)17(18(36)12(9-35)39-21)34-8-15(29-31-34)33-5-4-14(24)30-33/h4-8,12,17-19,21,35-36H,3,9-10H2,1-2H3/t12?,17-,18-,19?,21+/m0/s1. The van der Waals surface area contributed by atoms with Crippen LogP contribution in [0, 0.1) is 0 Å². The van der Waals surface area contributed by atoms with E-state index in [1.807, 2.05) is 0 Å². The number of alkyl halides is 3. The van der Waals surface area contributed by atoms with Crippen molar-refractivity contribution in [3.63, 3.8) is 0 Å². The Bertz CT molecular complexity index is 1330. The number of carbonyl (C=O) groups is 1.